The molecular formula is C15H20FN3O. The van der Waals surface area contributed by atoms with Crippen molar-refractivity contribution >= 4 is 0 Å². The number of aromatic nitrogens is 2. The van der Waals surface area contributed by atoms with Gasteiger partial charge in [-0.25, -0.2) is 4.39 Å². The molecule has 0 radical (unpaired) electrons. The molecule has 108 valence electrons. The van der Waals surface area contributed by atoms with Gasteiger partial charge in [0.2, 0.25) is 0 Å². The van der Waals surface area contributed by atoms with Crippen LogP contribution in [-0.4, -0.2) is 15.8 Å². The SMILES string of the molecule is CC(N)Cc1c(F)cccc1Oc1cnn(C(C)C)c1. The smallest absolute Gasteiger partial charge is 0.165 e. The van der Waals surface area contributed by atoms with Gasteiger partial charge in [-0.2, -0.15) is 5.10 Å². The summed E-state index contributed by atoms with van der Waals surface area (Å²) in [7, 11) is 0. The Labute approximate surface area is 118 Å². The standard InChI is InChI=1S/C15H20FN3O/c1-10(2)19-9-12(8-18-19)20-15-6-4-5-14(16)13(15)7-11(3)17/h4-6,8-11H,7,17H2,1-3H3. The van der Waals surface area contributed by atoms with Crippen molar-refractivity contribution in [1.82, 2.24) is 9.78 Å². The molecule has 0 amide bonds. The third-order valence-corrected chi connectivity index (χ3v) is 2.94. The number of benzene rings is 1. The molecule has 0 bridgehead atoms. The van der Waals surface area contributed by atoms with Crippen LogP contribution in [0.15, 0.2) is 30.6 Å². The van der Waals surface area contributed by atoms with Crippen LogP contribution in [-0.2, 0) is 6.42 Å². The molecule has 1 heterocycles. The molecule has 1 atom stereocenters. The summed E-state index contributed by atoms with van der Waals surface area (Å²) in [5.74, 6) is 0.789. The number of nitrogens with two attached hydrogens (primary N) is 1. The van der Waals surface area contributed by atoms with Crippen LogP contribution in [0.3, 0.4) is 0 Å². The van der Waals surface area contributed by atoms with E-state index in [2.05, 4.69) is 5.10 Å². The van der Waals surface area contributed by atoms with E-state index in [9.17, 15) is 4.39 Å². The first-order chi connectivity index (χ1) is 9.47. The second-order valence-electron chi connectivity index (χ2n) is 5.25. The van der Waals surface area contributed by atoms with Crippen molar-refractivity contribution < 1.29 is 9.13 Å². The van der Waals surface area contributed by atoms with Gasteiger partial charge in [-0.3, -0.25) is 4.68 Å². The van der Waals surface area contributed by atoms with Crippen LogP contribution >= 0.6 is 0 Å². The zero-order chi connectivity index (χ0) is 14.7. The van der Waals surface area contributed by atoms with E-state index in [1.165, 1.54) is 6.07 Å². The van der Waals surface area contributed by atoms with Gasteiger partial charge in [-0.1, -0.05) is 6.07 Å². The molecule has 0 spiro atoms. The number of ether oxygens (including phenoxy) is 1. The maximum atomic E-state index is 13.9. The molecule has 0 saturated carbocycles. The highest BCUT2D eigenvalue weighted by molar-refractivity contribution is 5.38. The van der Waals surface area contributed by atoms with E-state index in [4.69, 9.17) is 10.5 Å². The van der Waals surface area contributed by atoms with E-state index in [1.54, 1.807) is 29.2 Å². The number of hydrogen-bond donors (Lipinski definition) is 1. The highest BCUT2D eigenvalue weighted by Crippen LogP contribution is 2.28. The minimum Gasteiger partial charge on any atom is -0.454 e. The Morgan fingerprint density at radius 3 is 2.70 bits per heavy atom. The molecule has 0 aliphatic carbocycles. The van der Waals surface area contributed by atoms with Crippen molar-refractivity contribution in [1.29, 1.82) is 0 Å². The lowest BCUT2D eigenvalue weighted by molar-refractivity contribution is 0.460. The van der Waals surface area contributed by atoms with E-state index < -0.39 is 0 Å². The summed E-state index contributed by atoms with van der Waals surface area (Å²) in [6, 6.07) is 4.91. The topological polar surface area (TPSA) is 53.1 Å². The van der Waals surface area contributed by atoms with Crippen molar-refractivity contribution in [2.75, 3.05) is 0 Å². The van der Waals surface area contributed by atoms with E-state index >= 15 is 0 Å². The molecule has 20 heavy (non-hydrogen) atoms. The molecule has 4 nitrogen and oxygen atoms in total. The second kappa shape index (κ2) is 6.05. The molecule has 2 aromatic rings. The van der Waals surface area contributed by atoms with Gasteiger partial charge in [0.1, 0.15) is 11.6 Å². The van der Waals surface area contributed by atoms with Gasteiger partial charge >= 0.3 is 0 Å². The molecule has 2 rings (SSSR count). The van der Waals surface area contributed by atoms with E-state index in [0.29, 0.717) is 23.5 Å². The third kappa shape index (κ3) is 3.36. The van der Waals surface area contributed by atoms with Crippen LogP contribution in [0.1, 0.15) is 32.4 Å². The summed E-state index contributed by atoms with van der Waals surface area (Å²) in [5, 5.41) is 4.20. The number of rotatable bonds is 5. The van der Waals surface area contributed by atoms with E-state index in [0.717, 1.165) is 0 Å². The van der Waals surface area contributed by atoms with Crippen LogP contribution in [0.5, 0.6) is 11.5 Å². The Bertz CT molecular complexity index is 578. The number of hydrogen-bond acceptors (Lipinski definition) is 3. The zero-order valence-corrected chi connectivity index (χ0v) is 12.0. The normalized spacial score (nSPS) is 12.7. The maximum Gasteiger partial charge on any atom is 0.165 e. The molecule has 0 fully saturated rings. The molecule has 1 aromatic carbocycles. The van der Waals surface area contributed by atoms with Crippen LogP contribution < -0.4 is 10.5 Å². The Hall–Kier alpha value is -1.88. The summed E-state index contributed by atoms with van der Waals surface area (Å²) >= 11 is 0. The molecule has 0 aliphatic heterocycles. The van der Waals surface area contributed by atoms with Crippen molar-refractivity contribution in [3.8, 4) is 11.5 Å². The lowest BCUT2D eigenvalue weighted by Crippen LogP contribution is -2.19. The van der Waals surface area contributed by atoms with Gasteiger partial charge in [0.05, 0.1) is 12.4 Å². The summed E-state index contributed by atoms with van der Waals surface area (Å²) in [6.07, 6.45) is 3.85. The van der Waals surface area contributed by atoms with Crippen molar-refractivity contribution in [3.63, 3.8) is 0 Å². The minimum atomic E-state index is -0.295. The first kappa shape index (κ1) is 14.5. The van der Waals surface area contributed by atoms with E-state index in [1.807, 2.05) is 20.8 Å². The van der Waals surface area contributed by atoms with Gasteiger partial charge in [0, 0.05) is 17.6 Å². The Morgan fingerprint density at radius 2 is 2.10 bits per heavy atom. The Kier molecular flexibility index (Phi) is 4.39. The van der Waals surface area contributed by atoms with Gasteiger partial charge < -0.3 is 10.5 Å². The molecule has 1 aromatic heterocycles. The van der Waals surface area contributed by atoms with Gasteiger partial charge in [0.15, 0.2) is 5.75 Å². The van der Waals surface area contributed by atoms with Crippen molar-refractivity contribution in [2.24, 2.45) is 5.73 Å². The van der Waals surface area contributed by atoms with Crippen LogP contribution in [0.2, 0.25) is 0 Å². The molecule has 0 saturated heterocycles. The van der Waals surface area contributed by atoms with Crippen LogP contribution in [0.25, 0.3) is 0 Å². The molecule has 2 N–H and O–H groups in total. The van der Waals surface area contributed by atoms with Gasteiger partial charge in [0.25, 0.3) is 0 Å². The van der Waals surface area contributed by atoms with Gasteiger partial charge in [-0.15, -0.1) is 0 Å². The average molecular weight is 277 g/mol. The van der Waals surface area contributed by atoms with Crippen LogP contribution in [0.4, 0.5) is 4.39 Å². The fourth-order valence-electron chi connectivity index (χ4n) is 1.94. The Balaban J connectivity index is 2.25. The molecule has 0 aliphatic rings. The summed E-state index contributed by atoms with van der Waals surface area (Å²) in [6.45, 7) is 5.90. The molecule has 5 heteroatoms. The van der Waals surface area contributed by atoms with Crippen LogP contribution in [0, 0.1) is 5.82 Å². The second-order valence-corrected chi connectivity index (χ2v) is 5.25. The van der Waals surface area contributed by atoms with Gasteiger partial charge in [-0.05, 0) is 39.3 Å². The predicted octanol–water partition coefficient (Wildman–Crippen LogP) is 3.29. The average Bonchev–Trinajstić information content (AvgIpc) is 2.82. The number of nitrogens with zero attached hydrogens (tertiary/aromatic N) is 2. The first-order valence-electron chi connectivity index (χ1n) is 6.72. The fourth-order valence-corrected chi connectivity index (χ4v) is 1.94. The monoisotopic (exact) mass is 277 g/mol. The maximum absolute atomic E-state index is 13.9. The summed E-state index contributed by atoms with van der Waals surface area (Å²) in [4.78, 5) is 0. The van der Waals surface area contributed by atoms with E-state index in [-0.39, 0.29) is 17.9 Å². The predicted molar refractivity (Wildman–Crippen MR) is 76.4 cm³/mol. The first-order valence-corrected chi connectivity index (χ1v) is 6.72. The largest absolute Gasteiger partial charge is 0.454 e. The molecule has 1 unspecified atom stereocenters. The quantitative estimate of drug-likeness (QED) is 0.912. The summed E-state index contributed by atoms with van der Waals surface area (Å²) in [5.41, 5.74) is 6.26. The number of halogens is 1. The third-order valence-electron chi connectivity index (χ3n) is 2.94. The highest BCUT2D eigenvalue weighted by Gasteiger charge is 2.13. The lowest BCUT2D eigenvalue weighted by Gasteiger charge is -2.12. The lowest BCUT2D eigenvalue weighted by atomic mass is 10.1. The fraction of sp³-hybridized carbons (Fsp3) is 0.400. The summed E-state index contributed by atoms with van der Waals surface area (Å²) < 4.78 is 21.4. The minimum absolute atomic E-state index is 0.132. The highest BCUT2D eigenvalue weighted by atomic mass is 19.1. The van der Waals surface area contributed by atoms with Crippen molar-refractivity contribution in [2.45, 2.75) is 39.3 Å². The molecular weight excluding hydrogens is 257 g/mol. The Morgan fingerprint density at radius 1 is 1.35 bits per heavy atom. The zero-order valence-electron chi connectivity index (χ0n) is 12.0. The van der Waals surface area contributed by atoms with Crippen molar-refractivity contribution in [3.05, 3.63) is 42.0 Å².